The summed E-state index contributed by atoms with van der Waals surface area (Å²) < 4.78 is 0. The van der Waals surface area contributed by atoms with Gasteiger partial charge in [0.2, 0.25) is 5.91 Å². The minimum absolute atomic E-state index is 0.0829. The summed E-state index contributed by atoms with van der Waals surface area (Å²) in [7, 11) is 0. The van der Waals surface area contributed by atoms with Gasteiger partial charge in [0.15, 0.2) is 5.12 Å². The monoisotopic (exact) mass is 335 g/mol. The molecule has 0 aromatic heterocycles. The summed E-state index contributed by atoms with van der Waals surface area (Å²) in [5.41, 5.74) is 1.04. The maximum Gasteiger partial charge on any atom is 0.326 e. The minimum atomic E-state index is -1.13. The predicted octanol–water partition coefficient (Wildman–Crippen LogP) is 2.76. The molecule has 0 saturated heterocycles. The predicted molar refractivity (Wildman–Crippen MR) is 91.0 cm³/mol. The fourth-order valence-corrected chi connectivity index (χ4v) is 2.61. The quantitative estimate of drug-likeness (QED) is 0.642. The number of carboxylic acids is 1. The smallest absolute Gasteiger partial charge is 0.326 e. The SMILES string of the molecule is C=CCCC(=O)NC(CCC(=O)SCc1ccccc1)C(=O)O. The average Bonchev–Trinajstić information content (AvgIpc) is 2.55. The van der Waals surface area contributed by atoms with Crippen LogP contribution in [0.5, 0.6) is 0 Å². The van der Waals surface area contributed by atoms with Crippen molar-refractivity contribution >= 4 is 28.8 Å². The molecular formula is C17H21NO4S. The zero-order chi connectivity index (χ0) is 17.1. The van der Waals surface area contributed by atoms with E-state index in [1.807, 2.05) is 30.3 Å². The maximum atomic E-state index is 11.8. The van der Waals surface area contributed by atoms with Gasteiger partial charge in [-0.1, -0.05) is 48.2 Å². The van der Waals surface area contributed by atoms with Crippen LogP contribution in [0.25, 0.3) is 0 Å². The third-order valence-electron chi connectivity index (χ3n) is 3.09. The highest BCUT2D eigenvalue weighted by molar-refractivity contribution is 8.12. The molecule has 6 heteroatoms. The van der Waals surface area contributed by atoms with Crippen LogP contribution in [-0.4, -0.2) is 28.1 Å². The van der Waals surface area contributed by atoms with Gasteiger partial charge >= 0.3 is 5.97 Å². The zero-order valence-electron chi connectivity index (χ0n) is 12.9. The van der Waals surface area contributed by atoms with E-state index in [0.717, 1.165) is 17.3 Å². The van der Waals surface area contributed by atoms with Gasteiger partial charge in [0.1, 0.15) is 6.04 Å². The van der Waals surface area contributed by atoms with Crippen LogP contribution in [0.4, 0.5) is 0 Å². The molecule has 2 N–H and O–H groups in total. The van der Waals surface area contributed by atoms with E-state index in [0.29, 0.717) is 12.2 Å². The van der Waals surface area contributed by atoms with Gasteiger partial charge in [-0.2, -0.15) is 0 Å². The highest BCUT2D eigenvalue weighted by atomic mass is 32.2. The Bertz CT molecular complexity index is 545. The molecule has 124 valence electrons. The number of carbonyl (C=O) groups excluding carboxylic acids is 2. The molecule has 0 fully saturated rings. The van der Waals surface area contributed by atoms with Crippen LogP contribution < -0.4 is 5.32 Å². The van der Waals surface area contributed by atoms with Crippen LogP contribution in [0.1, 0.15) is 31.2 Å². The lowest BCUT2D eigenvalue weighted by Gasteiger charge is -2.13. The van der Waals surface area contributed by atoms with E-state index in [-0.39, 0.29) is 30.3 Å². The Balaban J connectivity index is 2.36. The zero-order valence-corrected chi connectivity index (χ0v) is 13.7. The van der Waals surface area contributed by atoms with E-state index in [1.165, 1.54) is 0 Å². The molecule has 1 unspecified atom stereocenters. The fraction of sp³-hybridized carbons (Fsp3) is 0.353. The van der Waals surface area contributed by atoms with Crippen molar-refractivity contribution < 1.29 is 19.5 Å². The first-order chi connectivity index (χ1) is 11.0. The second-order valence-electron chi connectivity index (χ2n) is 4.97. The summed E-state index contributed by atoms with van der Waals surface area (Å²) in [6, 6.07) is 8.54. The Morgan fingerprint density at radius 3 is 2.52 bits per heavy atom. The van der Waals surface area contributed by atoms with Crippen molar-refractivity contribution in [1.82, 2.24) is 5.32 Å². The van der Waals surface area contributed by atoms with Gasteiger partial charge in [0.25, 0.3) is 0 Å². The number of carbonyl (C=O) groups is 3. The molecule has 1 rings (SSSR count). The largest absolute Gasteiger partial charge is 0.480 e. The van der Waals surface area contributed by atoms with Gasteiger partial charge in [0, 0.05) is 18.6 Å². The standard InChI is InChI=1S/C17H21NO4S/c1-2-3-9-15(19)18-14(17(21)22)10-11-16(20)23-12-13-7-5-4-6-8-13/h2,4-8,14H,1,3,9-12H2,(H,18,19)(H,21,22). The number of thioether (sulfide) groups is 1. The number of benzene rings is 1. The van der Waals surface area contributed by atoms with Crippen molar-refractivity contribution in [2.75, 3.05) is 0 Å². The number of carboxylic acid groups (broad SMARTS) is 1. The van der Waals surface area contributed by atoms with Crippen LogP contribution >= 0.6 is 11.8 Å². The second-order valence-corrected chi connectivity index (χ2v) is 6.00. The fourth-order valence-electron chi connectivity index (χ4n) is 1.83. The second kappa shape index (κ2) is 10.6. The van der Waals surface area contributed by atoms with Crippen molar-refractivity contribution in [3.8, 4) is 0 Å². The molecule has 0 radical (unpaired) electrons. The normalized spacial score (nSPS) is 11.5. The van der Waals surface area contributed by atoms with Crippen molar-refractivity contribution in [3.05, 3.63) is 48.6 Å². The number of amides is 1. The number of hydrogen-bond acceptors (Lipinski definition) is 4. The minimum Gasteiger partial charge on any atom is -0.480 e. The molecule has 0 aliphatic heterocycles. The Morgan fingerprint density at radius 1 is 1.22 bits per heavy atom. The lowest BCUT2D eigenvalue weighted by molar-refractivity contribution is -0.142. The Morgan fingerprint density at radius 2 is 1.91 bits per heavy atom. The van der Waals surface area contributed by atoms with Crippen molar-refractivity contribution in [3.63, 3.8) is 0 Å². The number of nitrogens with one attached hydrogen (secondary N) is 1. The molecule has 0 spiro atoms. The number of rotatable bonds is 10. The van der Waals surface area contributed by atoms with Crippen LogP contribution in [0.3, 0.4) is 0 Å². The Kier molecular flexibility index (Phi) is 8.75. The third-order valence-corrected chi connectivity index (χ3v) is 4.09. The highest BCUT2D eigenvalue weighted by Crippen LogP contribution is 2.16. The van der Waals surface area contributed by atoms with Gasteiger partial charge in [0.05, 0.1) is 0 Å². The summed E-state index contributed by atoms with van der Waals surface area (Å²) in [6.45, 7) is 3.51. The van der Waals surface area contributed by atoms with Gasteiger partial charge < -0.3 is 10.4 Å². The molecule has 1 atom stereocenters. The Labute approximate surface area is 140 Å². The van der Waals surface area contributed by atoms with E-state index in [2.05, 4.69) is 11.9 Å². The molecule has 0 saturated carbocycles. The summed E-state index contributed by atoms with van der Waals surface area (Å²) in [5.74, 6) is -0.914. The summed E-state index contributed by atoms with van der Waals surface area (Å²) in [4.78, 5) is 34.6. The lowest BCUT2D eigenvalue weighted by Crippen LogP contribution is -2.40. The highest BCUT2D eigenvalue weighted by Gasteiger charge is 2.20. The number of aliphatic carboxylic acids is 1. The first kappa shape index (κ1) is 19.0. The topological polar surface area (TPSA) is 83.5 Å². The average molecular weight is 335 g/mol. The van der Waals surface area contributed by atoms with E-state index in [9.17, 15) is 14.4 Å². The van der Waals surface area contributed by atoms with Crippen LogP contribution in [0.2, 0.25) is 0 Å². The summed E-state index contributed by atoms with van der Waals surface area (Å²) in [5, 5.41) is 11.5. The molecule has 0 heterocycles. The molecule has 1 aromatic rings. The Hall–Kier alpha value is -2.08. The third kappa shape index (κ3) is 8.21. The number of hydrogen-bond donors (Lipinski definition) is 2. The van der Waals surface area contributed by atoms with Crippen LogP contribution in [-0.2, 0) is 20.1 Å². The van der Waals surface area contributed by atoms with Crippen molar-refractivity contribution in [2.45, 2.75) is 37.5 Å². The summed E-state index contributed by atoms with van der Waals surface area (Å²) >= 11 is 1.16. The molecule has 23 heavy (non-hydrogen) atoms. The van der Waals surface area contributed by atoms with Gasteiger partial charge in [-0.25, -0.2) is 4.79 Å². The van der Waals surface area contributed by atoms with Gasteiger partial charge in [-0.3, -0.25) is 9.59 Å². The van der Waals surface area contributed by atoms with E-state index in [1.54, 1.807) is 6.08 Å². The molecule has 0 aliphatic carbocycles. The van der Waals surface area contributed by atoms with Gasteiger partial charge in [-0.15, -0.1) is 6.58 Å². The molecule has 1 amide bonds. The van der Waals surface area contributed by atoms with Crippen molar-refractivity contribution in [2.24, 2.45) is 0 Å². The first-order valence-corrected chi connectivity index (χ1v) is 8.34. The maximum absolute atomic E-state index is 11.8. The first-order valence-electron chi connectivity index (χ1n) is 7.35. The lowest BCUT2D eigenvalue weighted by atomic mass is 10.1. The van der Waals surface area contributed by atoms with E-state index >= 15 is 0 Å². The van der Waals surface area contributed by atoms with E-state index in [4.69, 9.17) is 5.11 Å². The van der Waals surface area contributed by atoms with Crippen LogP contribution in [0, 0.1) is 0 Å². The molecular weight excluding hydrogens is 314 g/mol. The molecule has 0 bridgehead atoms. The number of allylic oxidation sites excluding steroid dienone is 1. The van der Waals surface area contributed by atoms with Crippen molar-refractivity contribution in [1.29, 1.82) is 0 Å². The molecule has 0 aliphatic rings. The van der Waals surface area contributed by atoms with E-state index < -0.39 is 12.0 Å². The molecule has 1 aromatic carbocycles. The van der Waals surface area contributed by atoms with Gasteiger partial charge in [-0.05, 0) is 18.4 Å². The summed E-state index contributed by atoms with van der Waals surface area (Å²) in [6.07, 6.45) is 2.49. The molecule has 5 nitrogen and oxygen atoms in total. The van der Waals surface area contributed by atoms with Crippen LogP contribution in [0.15, 0.2) is 43.0 Å².